The smallest absolute Gasteiger partial charge is 0.171 e. The van der Waals surface area contributed by atoms with E-state index in [-0.39, 0.29) is 11.7 Å². The van der Waals surface area contributed by atoms with Crippen molar-refractivity contribution in [3.8, 4) is 0 Å². The van der Waals surface area contributed by atoms with E-state index in [2.05, 4.69) is 9.97 Å². The number of pyridine rings is 1. The largest absolute Gasteiger partial charge is 0.295 e. The van der Waals surface area contributed by atoms with Crippen LogP contribution in [0.2, 0.25) is 0 Å². The van der Waals surface area contributed by atoms with Gasteiger partial charge in [-0.3, -0.25) is 4.57 Å². The Labute approximate surface area is 112 Å². The van der Waals surface area contributed by atoms with Crippen LogP contribution in [0.25, 0.3) is 11.2 Å². The fourth-order valence-corrected chi connectivity index (χ4v) is 4.60. The van der Waals surface area contributed by atoms with Gasteiger partial charge in [0, 0.05) is 12.1 Å². The van der Waals surface area contributed by atoms with Crippen molar-refractivity contribution in [2.24, 2.45) is 0 Å². The molecule has 0 saturated carbocycles. The van der Waals surface area contributed by atoms with E-state index in [4.69, 9.17) is 0 Å². The minimum Gasteiger partial charge on any atom is -0.295 e. The van der Waals surface area contributed by atoms with Crippen LogP contribution in [-0.2, 0) is 9.84 Å². The zero-order chi connectivity index (χ0) is 13.6. The van der Waals surface area contributed by atoms with Crippen molar-refractivity contribution >= 4 is 21.0 Å². The minimum atomic E-state index is -3.07. The Morgan fingerprint density at radius 1 is 1.42 bits per heavy atom. The van der Waals surface area contributed by atoms with E-state index in [1.54, 1.807) is 6.20 Å². The highest BCUT2D eigenvalue weighted by atomic mass is 32.2. The van der Waals surface area contributed by atoms with Crippen LogP contribution in [0.5, 0.6) is 0 Å². The summed E-state index contributed by atoms with van der Waals surface area (Å²) in [5, 5.41) is -0.496. The summed E-state index contributed by atoms with van der Waals surface area (Å²) in [5.41, 5.74) is 1.45. The van der Waals surface area contributed by atoms with Crippen molar-refractivity contribution in [1.29, 1.82) is 0 Å². The molecule has 1 atom stereocenters. The Hall–Kier alpha value is -1.43. The first-order valence-corrected chi connectivity index (χ1v) is 8.26. The summed E-state index contributed by atoms with van der Waals surface area (Å²) in [5.74, 6) is 1.25. The van der Waals surface area contributed by atoms with Crippen LogP contribution < -0.4 is 0 Å². The van der Waals surface area contributed by atoms with Crippen LogP contribution in [0, 0.1) is 0 Å². The minimum absolute atomic E-state index is 0.171. The lowest BCUT2D eigenvalue weighted by molar-refractivity contribution is 0.543. The average molecular weight is 279 g/mol. The summed E-state index contributed by atoms with van der Waals surface area (Å²) in [6.07, 6.45) is 3.06. The third-order valence-electron chi connectivity index (χ3n) is 3.57. The van der Waals surface area contributed by atoms with E-state index in [9.17, 15) is 8.42 Å². The molecule has 0 bridgehead atoms. The van der Waals surface area contributed by atoms with Gasteiger partial charge in [-0.1, -0.05) is 13.8 Å². The van der Waals surface area contributed by atoms with E-state index in [0.717, 1.165) is 17.8 Å². The molecule has 0 aliphatic carbocycles. The maximum Gasteiger partial charge on any atom is 0.171 e. The van der Waals surface area contributed by atoms with Crippen LogP contribution in [0.1, 0.15) is 43.8 Å². The number of aromatic nitrogens is 3. The van der Waals surface area contributed by atoms with Crippen molar-refractivity contribution in [2.75, 3.05) is 5.75 Å². The first-order chi connectivity index (χ1) is 9.00. The summed E-state index contributed by atoms with van der Waals surface area (Å²) < 4.78 is 26.2. The van der Waals surface area contributed by atoms with Crippen molar-refractivity contribution in [2.45, 2.75) is 38.0 Å². The Bertz CT molecular complexity index is 719. The van der Waals surface area contributed by atoms with E-state index < -0.39 is 15.2 Å². The highest BCUT2D eigenvalue weighted by Gasteiger charge is 2.36. The van der Waals surface area contributed by atoms with Crippen molar-refractivity contribution < 1.29 is 8.42 Å². The molecule has 0 radical (unpaired) electrons. The Morgan fingerprint density at radius 2 is 2.21 bits per heavy atom. The third kappa shape index (κ3) is 1.94. The van der Waals surface area contributed by atoms with Crippen LogP contribution in [0.3, 0.4) is 0 Å². The Morgan fingerprint density at radius 3 is 2.84 bits per heavy atom. The fourth-order valence-electron chi connectivity index (χ4n) is 2.70. The van der Waals surface area contributed by atoms with Gasteiger partial charge in [0.2, 0.25) is 0 Å². The zero-order valence-electron chi connectivity index (χ0n) is 11.1. The maximum atomic E-state index is 12.2. The molecule has 1 fully saturated rings. The molecule has 2 aromatic rings. The summed E-state index contributed by atoms with van der Waals surface area (Å²) in [7, 11) is -3.07. The number of sulfone groups is 1. The second kappa shape index (κ2) is 4.30. The topological polar surface area (TPSA) is 64.8 Å². The summed E-state index contributed by atoms with van der Waals surface area (Å²) >= 11 is 0. The van der Waals surface area contributed by atoms with Crippen molar-refractivity contribution in [3.63, 3.8) is 0 Å². The predicted octanol–water partition coefficient (Wildman–Crippen LogP) is 2.26. The number of imidazole rings is 1. The second-order valence-corrected chi connectivity index (χ2v) is 7.58. The molecular weight excluding hydrogens is 262 g/mol. The van der Waals surface area contributed by atoms with Gasteiger partial charge >= 0.3 is 0 Å². The first-order valence-electron chi connectivity index (χ1n) is 6.55. The maximum absolute atomic E-state index is 12.2. The predicted molar refractivity (Wildman–Crippen MR) is 73.7 cm³/mol. The molecule has 1 aliphatic heterocycles. The summed E-state index contributed by atoms with van der Waals surface area (Å²) in [6, 6.07) is 3.71. The van der Waals surface area contributed by atoms with Crippen LogP contribution >= 0.6 is 0 Å². The number of rotatable bonds is 2. The molecule has 5 nitrogen and oxygen atoms in total. The summed E-state index contributed by atoms with van der Waals surface area (Å²) in [4.78, 5) is 8.89. The molecule has 0 aromatic carbocycles. The zero-order valence-corrected chi connectivity index (χ0v) is 11.9. The number of nitrogens with zero attached hydrogens (tertiary/aromatic N) is 3. The standard InChI is InChI=1S/C13H17N3O2S/c1-9(2)12-15-10-5-3-7-14-13(10)16(12)11-6-4-8-19(11,17)18/h3,5,7,9,11H,4,6,8H2,1-2H3. The SMILES string of the molecule is CC(C)c1nc2cccnc2n1C1CCCS1(=O)=O. The Kier molecular flexibility index (Phi) is 2.85. The van der Waals surface area contributed by atoms with Gasteiger partial charge in [0.25, 0.3) is 0 Å². The van der Waals surface area contributed by atoms with Gasteiger partial charge in [-0.05, 0) is 25.0 Å². The molecule has 0 amide bonds. The second-order valence-electron chi connectivity index (χ2n) is 5.30. The van der Waals surface area contributed by atoms with Gasteiger partial charge in [0.1, 0.15) is 16.7 Å². The van der Waals surface area contributed by atoms with Gasteiger partial charge in [-0.25, -0.2) is 18.4 Å². The lowest BCUT2D eigenvalue weighted by atomic mass is 10.2. The molecule has 0 spiro atoms. The molecule has 3 heterocycles. The van der Waals surface area contributed by atoms with E-state index >= 15 is 0 Å². The van der Waals surface area contributed by atoms with Gasteiger partial charge in [0.05, 0.1) is 5.75 Å². The molecule has 19 heavy (non-hydrogen) atoms. The molecular formula is C13H17N3O2S. The monoisotopic (exact) mass is 279 g/mol. The van der Waals surface area contributed by atoms with Gasteiger partial charge < -0.3 is 0 Å². The number of hydrogen-bond acceptors (Lipinski definition) is 4. The third-order valence-corrected chi connectivity index (χ3v) is 5.71. The highest BCUT2D eigenvalue weighted by Crippen LogP contribution is 2.35. The number of fused-ring (bicyclic) bond motifs is 1. The lowest BCUT2D eigenvalue weighted by Crippen LogP contribution is -2.18. The fraction of sp³-hybridized carbons (Fsp3) is 0.538. The molecule has 102 valence electrons. The van der Waals surface area contributed by atoms with Crippen molar-refractivity contribution in [1.82, 2.24) is 14.5 Å². The van der Waals surface area contributed by atoms with Gasteiger partial charge in [-0.2, -0.15) is 0 Å². The Balaban J connectivity index is 2.29. The highest BCUT2D eigenvalue weighted by molar-refractivity contribution is 7.91. The molecule has 6 heteroatoms. The van der Waals surface area contributed by atoms with Gasteiger partial charge in [-0.15, -0.1) is 0 Å². The molecule has 1 aliphatic rings. The average Bonchev–Trinajstić information content (AvgIpc) is 2.88. The van der Waals surface area contributed by atoms with Crippen LogP contribution in [0.15, 0.2) is 18.3 Å². The molecule has 1 unspecified atom stereocenters. The molecule has 1 saturated heterocycles. The molecule has 0 N–H and O–H groups in total. The van der Waals surface area contributed by atoms with Crippen LogP contribution in [0.4, 0.5) is 0 Å². The van der Waals surface area contributed by atoms with Crippen molar-refractivity contribution in [3.05, 3.63) is 24.2 Å². The molecule has 3 rings (SSSR count). The van der Waals surface area contributed by atoms with Gasteiger partial charge in [0.15, 0.2) is 15.5 Å². The van der Waals surface area contributed by atoms with E-state index in [0.29, 0.717) is 12.1 Å². The number of hydrogen-bond donors (Lipinski definition) is 0. The summed E-state index contributed by atoms with van der Waals surface area (Å²) in [6.45, 7) is 4.05. The van der Waals surface area contributed by atoms with E-state index in [1.165, 1.54) is 0 Å². The normalized spacial score (nSPS) is 22.4. The quantitative estimate of drug-likeness (QED) is 0.846. The van der Waals surface area contributed by atoms with E-state index in [1.807, 2.05) is 30.5 Å². The lowest BCUT2D eigenvalue weighted by Gasteiger charge is -2.16. The molecule has 2 aromatic heterocycles. The van der Waals surface area contributed by atoms with Crippen LogP contribution in [-0.4, -0.2) is 28.7 Å². The first kappa shape index (κ1) is 12.6.